The second kappa shape index (κ2) is 6.83. The number of pyridine rings is 1. The number of nitrogens with zero attached hydrogens (tertiary/aromatic N) is 4. The number of hydrogen-bond acceptors (Lipinski definition) is 5. The van der Waals surface area contributed by atoms with Crippen LogP contribution >= 0.6 is 0 Å². The van der Waals surface area contributed by atoms with Crippen LogP contribution in [0.4, 0.5) is 5.82 Å². The molecule has 1 unspecified atom stereocenters. The van der Waals surface area contributed by atoms with Crippen LogP contribution in [0, 0.1) is 5.92 Å². The summed E-state index contributed by atoms with van der Waals surface area (Å²) < 4.78 is 5.93. The predicted molar refractivity (Wildman–Crippen MR) is 94.2 cm³/mol. The number of benzene rings is 1. The lowest BCUT2D eigenvalue weighted by Crippen LogP contribution is -2.38. The summed E-state index contributed by atoms with van der Waals surface area (Å²) in [6.45, 7) is 2.74. The summed E-state index contributed by atoms with van der Waals surface area (Å²) in [7, 11) is 0. The Hall–Kier alpha value is -2.69. The lowest BCUT2D eigenvalue weighted by Gasteiger charge is -2.33. The van der Waals surface area contributed by atoms with Gasteiger partial charge in [-0.2, -0.15) is 0 Å². The number of anilines is 1. The molecule has 0 saturated carbocycles. The fourth-order valence-corrected chi connectivity index (χ4v) is 3.16. The molecular formula is C19H20N4O. The van der Waals surface area contributed by atoms with Crippen LogP contribution in [0.15, 0.2) is 54.9 Å². The number of rotatable bonds is 4. The third-order valence-electron chi connectivity index (χ3n) is 4.39. The number of aromatic nitrogens is 3. The molecule has 5 nitrogen and oxygen atoms in total. The second-order valence-electron chi connectivity index (χ2n) is 6.15. The first kappa shape index (κ1) is 14.9. The van der Waals surface area contributed by atoms with E-state index in [-0.39, 0.29) is 0 Å². The molecule has 0 amide bonds. The van der Waals surface area contributed by atoms with E-state index in [9.17, 15) is 0 Å². The van der Waals surface area contributed by atoms with E-state index in [1.807, 2.05) is 42.5 Å². The summed E-state index contributed by atoms with van der Waals surface area (Å²) in [4.78, 5) is 15.6. The predicted octanol–water partition coefficient (Wildman–Crippen LogP) is 3.32. The van der Waals surface area contributed by atoms with Gasteiger partial charge in [0.1, 0.15) is 17.1 Å². The van der Waals surface area contributed by atoms with Gasteiger partial charge in [-0.3, -0.25) is 4.98 Å². The van der Waals surface area contributed by atoms with Crippen molar-refractivity contribution in [3.05, 3.63) is 54.9 Å². The summed E-state index contributed by atoms with van der Waals surface area (Å²) in [5.41, 5.74) is 1.54. The van der Waals surface area contributed by atoms with E-state index in [0.717, 1.165) is 43.2 Å². The molecular weight excluding hydrogens is 300 g/mol. The number of piperidine rings is 1. The Morgan fingerprint density at radius 3 is 2.83 bits per heavy atom. The Labute approximate surface area is 141 Å². The van der Waals surface area contributed by atoms with E-state index in [2.05, 4.69) is 19.9 Å². The normalized spacial score (nSPS) is 17.8. The van der Waals surface area contributed by atoms with Crippen molar-refractivity contribution in [2.75, 3.05) is 24.6 Å². The highest BCUT2D eigenvalue weighted by molar-refractivity contribution is 5.71. The standard InChI is InChI=1S/C19H20N4O/c1-2-6-16(7-3-1)24-14-15-5-4-12-23(13-15)18-9-8-17-19(22-18)21-11-10-20-17/h1-3,6-11,15H,4-5,12-14H2. The van der Waals surface area contributed by atoms with E-state index < -0.39 is 0 Å². The molecule has 0 radical (unpaired) electrons. The van der Waals surface area contributed by atoms with E-state index in [4.69, 9.17) is 4.74 Å². The highest BCUT2D eigenvalue weighted by Crippen LogP contribution is 2.23. The highest BCUT2D eigenvalue weighted by Gasteiger charge is 2.21. The van der Waals surface area contributed by atoms with E-state index in [1.165, 1.54) is 6.42 Å². The molecule has 3 aromatic rings. The molecule has 1 aliphatic rings. The van der Waals surface area contributed by atoms with Gasteiger partial charge in [-0.1, -0.05) is 18.2 Å². The van der Waals surface area contributed by atoms with Crippen molar-refractivity contribution in [2.24, 2.45) is 5.92 Å². The van der Waals surface area contributed by atoms with Gasteiger partial charge in [0.05, 0.1) is 6.61 Å². The third kappa shape index (κ3) is 3.30. The van der Waals surface area contributed by atoms with Gasteiger partial charge in [-0.05, 0) is 37.1 Å². The molecule has 1 atom stereocenters. The maximum absolute atomic E-state index is 5.93. The average Bonchev–Trinajstić information content (AvgIpc) is 2.67. The van der Waals surface area contributed by atoms with Gasteiger partial charge in [0.15, 0.2) is 5.65 Å². The van der Waals surface area contributed by atoms with Crippen molar-refractivity contribution in [2.45, 2.75) is 12.8 Å². The molecule has 4 rings (SSSR count). The average molecular weight is 320 g/mol. The van der Waals surface area contributed by atoms with Crippen LogP contribution in [0.25, 0.3) is 11.2 Å². The zero-order valence-electron chi connectivity index (χ0n) is 13.5. The van der Waals surface area contributed by atoms with Crippen molar-refractivity contribution >= 4 is 17.0 Å². The van der Waals surface area contributed by atoms with Gasteiger partial charge in [-0.15, -0.1) is 0 Å². The van der Waals surface area contributed by atoms with Crippen LogP contribution < -0.4 is 9.64 Å². The molecule has 5 heteroatoms. The first-order valence-electron chi connectivity index (χ1n) is 8.39. The van der Waals surface area contributed by atoms with Gasteiger partial charge in [0.25, 0.3) is 0 Å². The van der Waals surface area contributed by atoms with Crippen LogP contribution in [-0.2, 0) is 0 Å². The number of fused-ring (bicyclic) bond motifs is 1. The molecule has 1 saturated heterocycles. The second-order valence-corrected chi connectivity index (χ2v) is 6.15. The third-order valence-corrected chi connectivity index (χ3v) is 4.39. The number of para-hydroxylation sites is 1. The SMILES string of the molecule is c1ccc(OCC2CCCN(c3ccc4nccnc4n3)C2)cc1. The van der Waals surface area contributed by atoms with Gasteiger partial charge < -0.3 is 9.64 Å². The molecule has 2 aromatic heterocycles. The molecule has 3 heterocycles. The van der Waals surface area contributed by atoms with Crippen LogP contribution in [0.3, 0.4) is 0 Å². The van der Waals surface area contributed by atoms with Crippen LogP contribution in [-0.4, -0.2) is 34.6 Å². The lowest BCUT2D eigenvalue weighted by molar-refractivity contribution is 0.228. The van der Waals surface area contributed by atoms with Crippen molar-refractivity contribution in [3.63, 3.8) is 0 Å². The fourth-order valence-electron chi connectivity index (χ4n) is 3.16. The minimum Gasteiger partial charge on any atom is -0.493 e. The Balaban J connectivity index is 1.43. The van der Waals surface area contributed by atoms with E-state index in [1.54, 1.807) is 12.4 Å². The number of ether oxygens (including phenoxy) is 1. The molecule has 0 spiro atoms. The molecule has 0 aliphatic carbocycles. The van der Waals surface area contributed by atoms with Crippen molar-refractivity contribution in [1.29, 1.82) is 0 Å². The fraction of sp³-hybridized carbons (Fsp3) is 0.316. The van der Waals surface area contributed by atoms with E-state index >= 15 is 0 Å². The van der Waals surface area contributed by atoms with Gasteiger partial charge in [-0.25, -0.2) is 9.97 Å². The molecule has 122 valence electrons. The van der Waals surface area contributed by atoms with Crippen molar-refractivity contribution < 1.29 is 4.74 Å². The topological polar surface area (TPSA) is 51.1 Å². The monoisotopic (exact) mass is 320 g/mol. The molecule has 1 aliphatic heterocycles. The summed E-state index contributed by atoms with van der Waals surface area (Å²) in [5, 5.41) is 0. The first-order chi connectivity index (χ1) is 11.9. The Bertz CT molecular complexity index is 809. The van der Waals surface area contributed by atoms with Crippen molar-refractivity contribution in [1.82, 2.24) is 15.0 Å². The summed E-state index contributed by atoms with van der Waals surface area (Å²) in [6.07, 6.45) is 5.73. The zero-order chi connectivity index (χ0) is 16.2. The Morgan fingerprint density at radius 1 is 1.04 bits per heavy atom. The molecule has 0 N–H and O–H groups in total. The largest absolute Gasteiger partial charge is 0.493 e. The maximum atomic E-state index is 5.93. The van der Waals surface area contributed by atoms with E-state index in [0.29, 0.717) is 11.6 Å². The first-order valence-corrected chi connectivity index (χ1v) is 8.39. The van der Waals surface area contributed by atoms with Gasteiger partial charge in [0.2, 0.25) is 0 Å². The summed E-state index contributed by atoms with van der Waals surface area (Å²) in [5.74, 6) is 2.43. The van der Waals surface area contributed by atoms with Gasteiger partial charge in [0, 0.05) is 31.4 Å². The summed E-state index contributed by atoms with van der Waals surface area (Å²) >= 11 is 0. The molecule has 1 aromatic carbocycles. The lowest BCUT2D eigenvalue weighted by atomic mass is 9.99. The quantitative estimate of drug-likeness (QED) is 0.738. The molecule has 1 fully saturated rings. The minimum absolute atomic E-state index is 0.512. The molecule has 0 bridgehead atoms. The maximum Gasteiger partial charge on any atom is 0.180 e. The van der Waals surface area contributed by atoms with Crippen LogP contribution in [0.1, 0.15) is 12.8 Å². The van der Waals surface area contributed by atoms with Gasteiger partial charge >= 0.3 is 0 Å². The van der Waals surface area contributed by atoms with Crippen LogP contribution in [0.2, 0.25) is 0 Å². The highest BCUT2D eigenvalue weighted by atomic mass is 16.5. The van der Waals surface area contributed by atoms with Crippen LogP contribution in [0.5, 0.6) is 5.75 Å². The smallest absolute Gasteiger partial charge is 0.180 e. The van der Waals surface area contributed by atoms with Crippen molar-refractivity contribution in [3.8, 4) is 5.75 Å². The Morgan fingerprint density at radius 2 is 1.92 bits per heavy atom. The number of hydrogen-bond donors (Lipinski definition) is 0. The minimum atomic E-state index is 0.512. The molecule has 24 heavy (non-hydrogen) atoms. The summed E-state index contributed by atoms with van der Waals surface area (Å²) in [6, 6.07) is 14.1. The zero-order valence-corrected chi connectivity index (χ0v) is 13.5. The Kier molecular flexibility index (Phi) is 4.23.